The third-order valence-electron chi connectivity index (χ3n) is 5.34. The molecule has 0 aliphatic carbocycles. The third-order valence-corrected chi connectivity index (χ3v) is 8.47. The number of benzene rings is 2. The zero-order valence-corrected chi connectivity index (χ0v) is 20.2. The summed E-state index contributed by atoms with van der Waals surface area (Å²) in [5.41, 5.74) is 2.76. The number of aromatic nitrogens is 2. The van der Waals surface area contributed by atoms with Gasteiger partial charge in [0.25, 0.3) is 5.91 Å². The summed E-state index contributed by atoms with van der Waals surface area (Å²) in [6.45, 7) is 6.06. The molecule has 0 aliphatic rings. The lowest BCUT2D eigenvalue weighted by atomic mass is 10.1. The van der Waals surface area contributed by atoms with Gasteiger partial charge in [0.15, 0.2) is 0 Å². The summed E-state index contributed by atoms with van der Waals surface area (Å²) in [5, 5.41) is 3.62. The maximum atomic E-state index is 12.9. The third kappa shape index (κ3) is 4.66. The first-order chi connectivity index (χ1) is 15.8. The molecule has 2 heterocycles. The molecule has 33 heavy (non-hydrogen) atoms. The van der Waals surface area contributed by atoms with Gasteiger partial charge in [0, 0.05) is 30.4 Å². The van der Waals surface area contributed by atoms with E-state index in [-0.39, 0.29) is 4.90 Å². The number of thiazole rings is 1. The number of para-hydroxylation sites is 1. The molecular formula is C24H24N4O3S2. The Balaban J connectivity index is 1.56. The van der Waals surface area contributed by atoms with Gasteiger partial charge in [0.05, 0.1) is 15.1 Å². The van der Waals surface area contributed by atoms with Gasteiger partial charge in [-0.2, -0.15) is 4.31 Å². The van der Waals surface area contributed by atoms with Crippen LogP contribution in [0.5, 0.6) is 0 Å². The molecule has 0 aliphatic heterocycles. The van der Waals surface area contributed by atoms with E-state index in [0.717, 1.165) is 20.8 Å². The molecule has 0 bridgehead atoms. The summed E-state index contributed by atoms with van der Waals surface area (Å²) < 4.78 is 28.2. The van der Waals surface area contributed by atoms with E-state index in [9.17, 15) is 13.2 Å². The smallest absolute Gasteiger partial charge is 0.257 e. The molecule has 170 valence electrons. The molecule has 2 aromatic carbocycles. The van der Waals surface area contributed by atoms with Gasteiger partial charge in [0.2, 0.25) is 10.0 Å². The van der Waals surface area contributed by atoms with Crippen LogP contribution < -0.4 is 5.32 Å². The summed E-state index contributed by atoms with van der Waals surface area (Å²) in [5.74, 6) is -0.0365. The first-order valence-corrected chi connectivity index (χ1v) is 12.8. The predicted octanol–water partition coefficient (Wildman–Crippen LogP) is 4.95. The molecule has 0 saturated heterocycles. The number of sulfonamides is 1. The average Bonchev–Trinajstić information content (AvgIpc) is 3.24. The van der Waals surface area contributed by atoms with Crippen LogP contribution in [0.25, 0.3) is 20.8 Å². The standard InChI is InChI=1S/C24H24N4O3S2/c1-4-28(5-2)33(30,31)18-12-10-16(3)19(14-18)23(29)27-22-13-11-17(15-25-22)24-26-20-8-6-7-9-21(20)32-24/h6-15H,4-5H2,1-3H3,(H,25,27,29). The second kappa shape index (κ2) is 9.38. The van der Waals surface area contributed by atoms with Gasteiger partial charge in [-0.1, -0.05) is 32.0 Å². The minimum absolute atomic E-state index is 0.0982. The Morgan fingerprint density at radius 2 is 1.82 bits per heavy atom. The van der Waals surface area contributed by atoms with Crippen LogP contribution in [0.3, 0.4) is 0 Å². The zero-order chi connectivity index (χ0) is 23.6. The quantitative estimate of drug-likeness (QED) is 0.404. The van der Waals surface area contributed by atoms with Crippen LogP contribution in [0.1, 0.15) is 29.8 Å². The zero-order valence-electron chi connectivity index (χ0n) is 18.6. The Morgan fingerprint density at radius 1 is 1.06 bits per heavy atom. The van der Waals surface area contributed by atoms with Gasteiger partial charge in [-0.15, -0.1) is 11.3 Å². The minimum atomic E-state index is -3.66. The van der Waals surface area contributed by atoms with Crippen molar-refractivity contribution >= 4 is 43.3 Å². The fourth-order valence-corrected chi connectivity index (χ4v) is 5.93. The molecule has 4 rings (SSSR count). The molecule has 2 aromatic heterocycles. The Kier molecular flexibility index (Phi) is 6.55. The molecule has 0 spiro atoms. The molecule has 0 saturated carbocycles. The van der Waals surface area contributed by atoms with Crippen molar-refractivity contribution < 1.29 is 13.2 Å². The Morgan fingerprint density at radius 3 is 2.48 bits per heavy atom. The summed E-state index contributed by atoms with van der Waals surface area (Å²) >= 11 is 1.58. The number of nitrogens with zero attached hydrogens (tertiary/aromatic N) is 3. The van der Waals surface area contributed by atoms with E-state index in [2.05, 4.69) is 15.3 Å². The SMILES string of the molecule is CCN(CC)S(=O)(=O)c1ccc(C)c(C(=O)Nc2ccc(-c3nc4ccccc4s3)cn2)c1. The lowest BCUT2D eigenvalue weighted by Crippen LogP contribution is -2.30. The second-order valence-electron chi connectivity index (χ2n) is 7.44. The number of amides is 1. The number of pyridine rings is 1. The van der Waals surface area contributed by atoms with Gasteiger partial charge in [0.1, 0.15) is 10.8 Å². The molecule has 9 heteroatoms. The van der Waals surface area contributed by atoms with Crippen molar-refractivity contribution in [3.05, 3.63) is 71.9 Å². The largest absolute Gasteiger partial charge is 0.307 e. The molecule has 1 N–H and O–H groups in total. The van der Waals surface area contributed by atoms with E-state index < -0.39 is 15.9 Å². The van der Waals surface area contributed by atoms with E-state index >= 15 is 0 Å². The molecule has 7 nitrogen and oxygen atoms in total. The van der Waals surface area contributed by atoms with Crippen LogP contribution in [0.2, 0.25) is 0 Å². The minimum Gasteiger partial charge on any atom is -0.307 e. The predicted molar refractivity (Wildman–Crippen MR) is 132 cm³/mol. The van der Waals surface area contributed by atoms with E-state index in [1.807, 2.05) is 30.3 Å². The summed E-state index contributed by atoms with van der Waals surface area (Å²) in [7, 11) is -3.66. The van der Waals surface area contributed by atoms with Gasteiger partial charge in [-0.05, 0) is 48.9 Å². The maximum absolute atomic E-state index is 12.9. The molecular weight excluding hydrogens is 456 g/mol. The summed E-state index contributed by atoms with van der Waals surface area (Å²) in [6.07, 6.45) is 1.67. The highest BCUT2D eigenvalue weighted by Crippen LogP contribution is 2.30. The molecule has 0 fully saturated rings. The number of fused-ring (bicyclic) bond motifs is 1. The second-order valence-corrected chi connectivity index (χ2v) is 10.4. The van der Waals surface area contributed by atoms with Crippen LogP contribution in [0.15, 0.2) is 65.7 Å². The van der Waals surface area contributed by atoms with Gasteiger partial charge in [-0.25, -0.2) is 18.4 Å². The number of anilines is 1. The Labute approximate surface area is 197 Å². The van der Waals surface area contributed by atoms with E-state index in [4.69, 9.17) is 0 Å². The van der Waals surface area contributed by atoms with Gasteiger partial charge < -0.3 is 5.32 Å². The van der Waals surface area contributed by atoms with Gasteiger partial charge >= 0.3 is 0 Å². The monoisotopic (exact) mass is 480 g/mol. The number of carbonyl (C=O) groups is 1. The van der Waals surface area contributed by atoms with Crippen molar-refractivity contribution in [1.29, 1.82) is 0 Å². The van der Waals surface area contributed by atoms with E-state index in [1.165, 1.54) is 16.4 Å². The highest BCUT2D eigenvalue weighted by molar-refractivity contribution is 7.89. The van der Waals surface area contributed by atoms with Crippen LogP contribution in [-0.2, 0) is 10.0 Å². The first kappa shape index (κ1) is 23.0. The number of rotatable bonds is 7. The van der Waals surface area contributed by atoms with Crippen molar-refractivity contribution in [2.45, 2.75) is 25.7 Å². The molecule has 4 aromatic rings. The molecule has 1 amide bonds. The van der Waals surface area contributed by atoms with Crippen LogP contribution in [0, 0.1) is 6.92 Å². The number of carbonyl (C=O) groups excluding carboxylic acids is 1. The number of hydrogen-bond acceptors (Lipinski definition) is 6. The number of hydrogen-bond donors (Lipinski definition) is 1. The van der Waals surface area contributed by atoms with Crippen LogP contribution in [0.4, 0.5) is 5.82 Å². The summed E-state index contributed by atoms with van der Waals surface area (Å²) in [4.78, 5) is 22.0. The Bertz CT molecular complexity index is 1380. The van der Waals surface area contributed by atoms with Crippen molar-refractivity contribution in [3.8, 4) is 10.6 Å². The first-order valence-electron chi connectivity index (χ1n) is 10.6. The highest BCUT2D eigenvalue weighted by Gasteiger charge is 2.23. The normalized spacial score (nSPS) is 11.8. The maximum Gasteiger partial charge on any atom is 0.257 e. The highest BCUT2D eigenvalue weighted by atomic mass is 32.2. The van der Waals surface area contributed by atoms with Crippen molar-refractivity contribution in [2.75, 3.05) is 18.4 Å². The lowest BCUT2D eigenvalue weighted by molar-refractivity contribution is 0.102. The average molecular weight is 481 g/mol. The van der Waals surface area contributed by atoms with Crippen molar-refractivity contribution in [2.24, 2.45) is 0 Å². The van der Waals surface area contributed by atoms with Crippen molar-refractivity contribution in [1.82, 2.24) is 14.3 Å². The fourth-order valence-electron chi connectivity index (χ4n) is 3.49. The molecule has 0 atom stereocenters. The fraction of sp³-hybridized carbons (Fsp3) is 0.208. The van der Waals surface area contributed by atoms with E-state index in [0.29, 0.717) is 30.0 Å². The van der Waals surface area contributed by atoms with Crippen LogP contribution >= 0.6 is 11.3 Å². The van der Waals surface area contributed by atoms with Crippen molar-refractivity contribution in [3.63, 3.8) is 0 Å². The topological polar surface area (TPSA) is 92.3 Å². The number of aryl methyl sites for hydroxylation is 1. The lowest BCUT2D eigenvalue weighted by Gasteiger charge is -2.19. The van der Waals surface area contributed by atoms with Crippen LogP contribution in [-0.4, -0.2) is 41.7 Å². The summed E-state index contributed by atoms with van der Waals surface area (Å²) in [6, 6.07) is 16.1. The molecule has 0 unspecified atom stereocenters. The van der Waals surface area contributed by atoms with E-state index in [1.54, 1.807) is 50.4 Å². The number of nitrogens with one attached hydrogen (secondary N) is 1. The Hall–Kier alpha value is -3.14. The molecule has 0 radical (unpaired) electrons. The van der Waals surface area contributed by atoms with Gasteiger partial charge in [-0.3, -0.25) is 4.79 Å².